The van der Waals surface area contributed by atoms with E-state index in [0.29, 0.717) is 11.3 Å². The molecule has 1 aromatic carbocycles. The molecule has 0 saturated carbocycles. The second kappa shape index (κ2) is 6.26. The quantitative estimate of drug-likeness (QED) is 0.751. The van der Waals surface area contributed by atoms with Gasteiger partial charge in [-0.1, -0.05) is 5.16 Å². The molecule has 3 rings (SSSR count). The number of hydrogen-bond acceptors (Lipinski definition) is 6. The summed E-state index contributed by atoms with van der Waals surface area (Å²) in [5.41, 5.74) is 0.343. The highest BCUT2D eigenvalue weighted by molar-refractivity contribution is 5.86. The molecular formula is C14H9F3N4O4. The van der Waals surface area contributed by atoms with Crippen LogP contribution in [-0.2, 0) is 12.9 Å². The van der Waals surface area contributed by atoms with E-state index in [9.17, 15) is 18.0 Å². The van der Waals surface area contributed by atoms with Crippen molar-refractivity contribution in [1.29, 1.82) is 0 Å². The Morgan fingerprint density at radius 1 is 1.28 bits per heavy atom. The molecule has 25 heavy (non-hydrogen) atoms. The Kier molecular flexibility index (Phi) is 4.13. The van der Waals surface area contributed by atoms with Gasteiger partial charge in [-0.15, -0.1) is 0 Å². The van der Waals surface area contributed by atoms with Crippen molar-refractivity contribution in [2.24, 2.45) is 0 Å². The lowest BCUT2D eigenvalue weighted by atomic mass is 10.2. The number of ether oxygens (including phenoxy) is 1. The molecule has 0 aliphatic heterocycles. The summed E-state index contributed by atoms with van der Waals surface area (Å²) in [4.78, 5) is 14.0. The molecule has 2 aromatic heterocycles. The van der Waals surface area contributed by atoms with E-state index < -0.39 is 18.0 Å². The first-order valence-corrected chi connectivity index (χ1v) is 6.73. The standard InChI is InChI=1S/C14H9F3N4O4/c15-14(16,17)13-19-11(20-25-13)8-1-3-10(4-2-8)24-7-21-6-9(5-18-21)12(22)23/h1-6H,7H2,(H,22,23). The molecule has 8 nitrogen and oxygen atoms in total. The second-order valence-corrected chi connectivity index (χ2v) is 4.79. The zero-order chi connectivity index (χ0) is 18.0. The van der Waals surface area contributed by atoms with Crippen LogP contribution in [0.1, 0.15) is 16.2 Å². The fourth-order valence-electron chi connectivity index (χ4n) is 1.84. The van der Waals surface area contributed by atoms with Gasteiger partial charge < -0.3 is 14.4 Å². The first kappa shape index (κ1) is 16.5. The summed E-state index contributed by atoms with van der Waals surface area (Å²) in [7, 11) is 0. The Balaban J connectivity index is 1.65. The Morgan fingerprint density at radius 2 is 2.00 bits per heavy atom. The molecule has 0 aliphatic rings. The number of carboxylic acid groups (broad SMARTS) is 1. The van der Waals surface area contributed by atoms with Crippen LogP contribution in [0.4, 0.5) is 13.2 Å². The Labute approximate surface area is 137 Å². The predicted octanol–water partition coefficient (Wildman–Crippen LogP) is 2.69. The molecule has 130 valence electrons. The number of carboxylic acids is 1. The van der Waals surface area contributed by atoms with Gasteiger partial charge in [-0.25, -0.2) is 9.48 Å². The Morgan fingerprint density at radius 3 is 2.56 bits per heavy atom. The zero-order valence-electron chi connectivity index (χ0n) is 12.3. The minimum Gasteiger partial charge on any atom is -0.478 e. The molecule has 0 bridgehead atoms. The van der Waals surface area contributed by atoms with E-state index in [1.165, 1.54) is 41.3 Å². The van der Waals surface area contributed by atoms with Gasteiger partial charge in [0.05, 0.1) is 11.8 Å². The summed E-state index contributed by atoms with van der Waals surface area (Å²) in [6, 6.07) is 5.93. The molecule has 0 amide bonds. The Hall–Kier alpha value is -3.37. The molecule has 0 aliphatic carbocycles. The molecule has 0 saturated heterocycles. The fourth-order valence-corrected chi connectivity index (χ4v) is 1.84. The first-order valence-electron chi connectivity index (χ1n) is 6.73. The zero-order valence-corrected chi connectivity index (χ0v) is 12.3. The maximum Gasteiger partial charge on any atom is 0.471 e. The largest absolute Gasteiger partial charge is 0.478 e. The van der Waals surface area contributed by atoms with Crippen LogP contribution in [0.5, 0.6) is 5.75 Å². The number of halogens is 3. The van der Waals surface area contributed by atoms with Gasteiger partial charge in [-0.3, -0.25) is 0 Å². The third-order valence-electron chi connectivity index (χ3n) is 3.02. The van der Waals surface area contributed by atoms with Crippen molar-refractivity contribution in [3.05, 3.63) is 48.1 Å². The van der Waals surface area contributed by atoms with Crippen molar-refractivity contribution in [2.45, 2.75) is 12.9 Å². The highest BCUT2D eigenvalue weighted by Gasteiger charge is 2.38. The molecule has 3 aromatic rings. The maximum absolute atomic E-state index is 12.4. The third-order valence-corrected chi connectivity index (χ3v) is 3.02. The summed E-state index contributed by atoms with van der Waals surface area (Å²) in [5.74, 6) is -2.32. The van der Waals surface area contributed by atoms with Gasteiger partial charge in [-0.05, 0) is 24.3 Å². The molecule has 0 fully saturated rings. The predicted molar refractivity (Wildman–Crippen MR) is 74.6 cm³/mol. The average molecular weight is 354 g/mol. The lowest BCUT2D eigenvalue weighted by Crippen LogP contribution is -2.05. The number of alkyl halides is 3. The van der Waals surface area contributed by atoms with Crippen molar-refractivity contribution < 1.29 is 32.3 Å². The molecule has 1 N–H and O–H groups in total. The average Bonchev–Trinajstić information content (AvgIpc) is 3.22. The molecule has 2 heterocycles. The maximum atomic E-state index is 12.4. The van der Waals surface area contributed by atoms with Crippen LogP contribution < -0.4 is 4.74 Å². The Bertz CT molecular complexity index is 886. The molecular weight excluding hydrogens is 345 g/mol. The highest BCUT2D eigenvalue weighted by atomic mass is 19.4. The van der Waals surface area contributed by atoms with Gasteiger partial charge in [0.1, 0.15) is 5.75 Å². The summed E-state index contributed by atoms with van der Waals surface area (Å²) in [6.07, 6.45) is -2.22. The number of rotatable bonds is 5. The van der Waals surface area contributed by atoms with Crippen molar-refractivity contribution in [1.82, 2.24) is 19.9 Å². The van der Waals surface area contributed by atoms with Crippen LogP contribution in [0.25, 0.3) is 11.4 Å². The van der Waals surface area contributed by atoms with Crippen molar-refractivity contribution in [3.8, 4) is 17.1 Å². The van der Waals surface area contributed by atoms with Crippen molar-refractivity contribution >= 4 is 5.97 Å². The van der Waals surface area contributed by atoms with Gasteiger partial charge in [0.25, 0.3) is 0 Å². The SMILES string of the molecule is O=C(O)c1cnn(COc2ccc(-c3noc(C(F)(F)F)n3)cc2)c1. The lowest BCUT2D eigenvalue weighted by molar-refractivity contribution is -0.159. The van der Waals surface area contributed by atoms with E-state index in [-0.39, 0.29) is 18.1 Å². The number of aromatic carboxylic acids is 1. The van der Waals surface area contributed by atoms with Crippen molar-refractivity contribution in [2.75, 3.05) is 0 Å². The van der Waals surface area contributed by atoms with Gasteiger partial charge >= 0.3 is 18.0 Å². The topological polar surface area (TPSA) is 103 Å². The minimum atomic E-state index is -4.70. The lowest BCUT2D eigenvalue weighted by Gasteiger charge is -2.06. The van der Waals surface area contributed by atoms with E-state index in [2.05, 4.69) is 19.8 Å². The summed E-state index contributed by atoms with van der Waals surface area (Å²) in [6.45, 7) is -0.0347. The molecule has 11 heteroatoms. The fraction of sp³-hybridized carbons (Fsp3) is 0.143. The van der Waals surface area contributed by atoms with E-state index in [0.717, 1.165) is 0 Å². The van der Waals surface area contributed by atoms with Crippen LogP contribution in [0, 0.1) is 0 Å². The van der Waals surface area contributed by atoms with Gasteiger partial charge in [0, 0.05) is 11.8 Å². The number of carbonyl (C=O) groups is 1. The summed E-state index contributed by atoms with van der Waals surface area (Å²) in [5, 5.41) is 15.9. The van der Waals surface area contributed by atoms with Crippen LogP contribution in [0.2, 0.25) is 0 Å². The van der Waals surface area contributed by atoms with Crippen LogP contribution in [0.3, 0.4) is 0 Å². The molecule has 0 radical (unpaired) electrons. The molecule has 0 atom stereocenters. The molecule has 0 spiro atoms. The van der Waals surface area contributed by atoms with E-state index in [4.69, 9.17) is 9.84 Å². The van der Waals surface area contributed by atoms with Gasteiger partial charge in [0.2, 0.25) is 5.82 Å². The third kappa shape index (κ3) is 3.76. The summed E-state index contributed by atoms with van der Waals surface area (Å²) >= 11 is 0. The van der Waals surface area contributed by atoms with E-state index >= 15 is 0 Å². The molecule has 0 unspecified atom stereocenters. The van der Waals surface area contributed by atoms with E-state index in [1.807, 2.05) is 0 Å². The monoisotopic (exact) mass is 354 g/mol. The van der Waals surface area contributed by atoms with Crippen LogP contribution in [0.15, 0.2) is 41.2 Å². The second-order valence-electron chi connectivity index (χ2n) is 4.79. The smallest absolute Gasteiger partial charge is 0.471 e. The number of hydrogen-bond donors (Lipinski definition) is 1. The van der Waals surface area contributed by atoms with Crippen molar-refractivity contribution in [3.63, 3.8) is 0 Å². The highest BCUT2D eigenvalue weighted by Crippen LogP contribution is 2.29. The first-order chi connectivity index (χ1) is 11.8. The summed E-state index contributed by atoms with van der Waals surface area (Å²) < 4.78 is 48.1. The van der Waals surface area contributed by atoms with Crippen LogP contribution >= 0.6 is 0 Å². The van der Waals surface area contributed by atoms with Gasteiger partial charge in [-0.2, -0.15) is 23.3 Å². The van der Waals surface area contributed by atoms with E-state index in [1.54, 1.807) is 0 Å². The number of aromatic nitrogens is 4. The number of benzene rings is 1. The van der Waals surface area contributed by atoms with Crippen LogP contribution in [-0.4, -0.2) is 31.0 Å². The normalized spacial score (nSPS) is 11.5. The van der Waals surface area contributed by atoms with Gasteiger partial charge in [0.15, 0.2) is 6.73 Å². The minimum absolute atomic E-state index is 0.0246. The number of nitrogens with zero attached hydrogens (tertiary/aromatic N) is 4.